The van der Waals surface area contributed by atoms with Crippen LogP contribution < -0.4 is 22.7 Å². The molecule has 2 atom stereocenters. The van der Waals surface area contributed by atoms with Crippen molar-refractivity contribution in [1.82, 2.24) is 0 Å². The third kappa shape index (κ3) is 5.66. The molecular weight excluding hydrogens is 476 g/mol. The molecule has 1 heterocycles. The molecular formula is C28H33BrN2O2. The monoisotopic (exact) mass is 508 g/mol. The lowest BCUT2D eigenvalue weighted by Crippen LogP contribution is -3.00. The molecule has 3 aromatic carbocycles. The maximum absolute atomic E-state index is 12.6. The number of hydrogen-bond acceptors (Lipinski definition) is 3. The van der Waals surface area contributed by atoms with E-state index in [-0.39, 0.29) is 29.1 Å². The number of hydrogen-bond donors (Lipinski definition) is 1. The van der Waals surface area contributed by atoms with Crippen LogP contribution in [0.3, 0.4) is 0 Å². The zero-order valence-electron chi connectivity index (χ0n) is 19.6. The largest absolute Gasteiger partial charge is 1.00 e. The molecule has 0 aliphatic carbocycles. The van der Waals surface area contributed by atoms with Gasteiger partial charge in [0.15, 0.2) is 0 Å². The van der Waals surface area contributed by atoms with Crippen LogP contribution in [-0.2, 0) is 11.3 Å². The lowest BCUT2D eigenvalue weighted by Gasteiger charge is -2.50. The number of carbonyl (C=O) groups excluding carboxylic acids is 1. The summed E-state index contributed by atoms with van der Waals surface area (Å²) in [5.41, 5.74) is 10.7. The number of halogens is 1. The van der Waals surface area contributed by atoms with Gasteiger partial charge in [-0.1, -0.05) is 54.6 Å². The highest BCUT2D eigenvalue weighted by atomic mass is 79.9. The Morgan fingerprint density at radius 1 is 0.879 bits per heavy atom. The highest BCUT2D eigenvalue weighted by molar-refractivity contribution is 5.89. The second-order valence-corrected chi connectivity index (χ2v) is 9.39. The average Bonchev–Trinajstić information content (AvgIpc) is 2.79. The number of esters is 1. The summed E-state index contributed by atoms with van der Waals surface area (Å²) in [6, 6.07) is 27.1. The number of carbonyl (C=O) groups is 1. The summed E-state index contributed by atoms with van der Waals surface area (Å²) in [5.74, 6) is -0.262. The van der Waals surface area contributed by atoms with Gasteiger partial charge in [0, 0.05) is 24.1 Å². The summed E-state index contributed by atoms with van der Waals surface area (Å²) in [6.07, 6.45) is 1.67. The van der Waals surface area contributed by atoms with Gasteiger partial charge in [-0.2, -0.15) is 0 Å². The molecule has 0 spiro atoms. The van der Waals surface area contributed by atoms with E-state index in [9.17, 15) is 4.79 Å². The average molecular weight is 509 g/mol. The minimum absolute atomic E-state index is 0. The molecule has 0 bridgehead atoms. The van der Waals surface area contributed by atoms with Crippen molar-refractivity contribution >= 4 is 11.7 Å². The van der Waals surface area contributed by atoms with E-state index in [2.05, 4.69) is 69.4 Å². The number of quaternary nitrogens is 1. The molecule has 5 heteroatoms. The van der Waals surface area contributed by atoms with E-state index in [1.54, 1.807) is 24.3 Å². The first-order chi connectivity index (χ1) is 15.3. The topological polar surface area (TPSA) is 52.3 Å². The van der Waals surface area contributed by atoms with Crippen LogP contribution in [0.5, 0.6) is 0 Å². The lowest BCUT2D eigenvalue weighted by atomic mass is 9.90. The van der Waals surface area contributed by atoms with E-state index in [1.807, 2.05) is 6.07 Å². The number of nitrogens with zero attached hydrogens (tertiary/aromatic N) is 1. The van der Waals surface area contributed by atoms with Crippen molar-refractivity contribution in [3.8, 4) is 11.1 Å². The smallest absolute Gasteiger partial charge is 0.338 e. The van der Waals surface area contributed by atoms with Gasteiger partial charge in [0.1, 0.15) is 12.6 Å². The quantitative estimate of drug-likeness (QED) is 0.327. The summed E-state index contributed by atoms with van der Waals surface area (Å²) in [6.45, 7) is 5.52. The van der Waals surface area contributed by atoms with Crippen LogP contribution in [0.2, 0.25) is 0 Å². The number of benzene rings is 3. The van der Waals surface area contributed by atoms with Gasteiger partial charge in [0.25, 0.3) is 0 Å². The van der Waals surface area contributed by atoms with Crippen molar-refractivity contribution in [2.75, 3.05) is 12.8 Å². The number of nitrogens with two attached hydrogens (primary N) is 1. The first-order valence-corrected chi connectivity index (χ1v) is 11.4. The van der Waals surface area contributed by atoms with Gasteiger partial charge >= 0.3 is 5.97 Å². The summed E-state index contributed by atoms with van der Waals surface area (Å²) < 4.78 is 6.82. The van der Waals surface area contributed by atoms with E-state index in [0.717, 1.165) is 23.9 Å². The second-order valence-electron chi connectivity index (χ2n) is 9.39. The number of likely N-dealkylation sites (tertiary alicyclic amines) is 1. The third-order valence-corrected chi connectivity index (χ3v) is 7.23. The second kappa shape index (κ2) is 10.5. The fourth-order valence-electron chi connectivity index (χ4n) is 4.85. The van der Waals surface area contributed by atoms with Crippen molar-refractivity contribution in [2.24, 2.45) is 0 Å². The maximum atomic E-state index is 12.6. The fraction of sp³-hybridized carbons (Fsp3) is 0.321. The zero-order valence-corrected chi connectivity index (χ0v) is 21.2. The van der Waals surface area contributed by atoms with E-state index in [0.29, 0.717) is 23.3 Å². The Kier molecular flexibility index (Phi) is 7.98. The number of piperidine rings is 1. The Bertz CT molecular complexity index is 1040. The molecule has 174 valence electrons. The lowest BCUT2D eigenvalue weighted by molar-refractivity contribution is -0.971. The number of nitrogen functional groups attached to an aromatic ring is 1. The molecule has 0 aromatic heterocycles. The van der Waals surface area contributed by atoms with Crippen LogP contribution in [0.4, 0.5) is 5.69 Å². The van der Waals surface area contributed by atoms with Crippen LogP contribution in [0.15, 0.2) is 78.9 Å². The van der Waals surface area contributed by atoms with Crippen LogP contribution >= 0.6 is 0 Å². The molecule has 0 amide bonds. The van der Waals surface area contributed by atoms with Crippen LogP contribution in [0.25, 0.3) is 11.1 Å². The highest BCUT2D eigenvalue weighted by Crippen LogP contribution is 2.34. The maximum Gasteiger partial charge on any atom is 0.338 e. The highest BCUT2D eigenvalue weighted by Gasteiger charge is 2.43. The summed E-state index contributed by atoms with van der Waals surface area (Å²) in [4.78, 5) is 12.6. The molecule has 0 saturated carbocycles. The number of ether oxygens (including phenoxy) is 1. The first kappa shape index (κ1) is 25.0. The zero-order chi connectivity index (χ0) is 22.7. The van der Waals surface area contributed by atoms with Crippen molar-refractivity contribution < 1.29 is 31.0 Å². The Labute approximate surface area is 207 Å². The summed E-state index contributed by atoms with van der Waals surface area (Å²) >= 11 is 0. The number of rotatable bonds is 5. The Hall–Kier alpha value is -2.63. The first-order valence-electron chi connectivity index (χ1n) is 11.4. The normalized spacial score (nSPS) is 24.5. The Morgan fingerprint density at radius 3 is 2.00 bits per heavy atom. The Morgan fingerprint density at radius 2 is 1.42 bits per heavy atom. The minimum Gasteiger partial charge on any atom is -1.00 e. The van der Waals surface area contributed by atoms with Gasteiger partial charge in [-0.25, -0.2) is 4.79 Å². The molecule has 3 aromatic rings. The molecule has 2 unspecified atom stereocenters. The molecule has 1 fully saturated rings. The summed E-state index contributed by atoms with van der Waals surface area (Å²) in [7, 11) is 2.33. The van der Waals surface area contributed by atoms with E-state index in [1.165, 1.54) is 16.7 Å². The van der Waals surface area contributed by atoms with Gasteiger partial charge in [0.05, 0.1) is 24.7 Å². The van der Waals surface area contributed by atoms with Gasteiger partial charge in [-0.3, -0.25) is 0 Å². The molecule has 1 saturated heterocycles. The molecule has 33 heavy (non-hydrogen) atoms. The van der Waals surface area contributed by atoms with Gasteiger partial charge in [-0.05, 0) is 49.2 Å². The SMILES string of the molecule is CC1CC(OC(=O)c2ccc(N)cc2)CC(C)[N+]1(C)Cc1ccc(-c2ccccc2)cc1.[Br-]. The van der Waals surface area contributed by atoms with Crippen LogP contribution in [0.1, 0.15) is 42.6 Å². The molecule has 0 radical (unpaired) electrons. The van der Waals surface area contributed by atoms with Gasteiger partial charge in [0.2, 0.25) is 0 Å². The van der Waals surface area contributed by atoms with Crippen molar-refractivity contribution in [3.05, 3.63) is 90.0 Å². The molecule has 1 aliphatic rings. The predicted molar refractivity (Wildman–Crippen MR) is 130 cm³/mol. The fourth-order valence-corrected chi connectivity index (χ4v) is 4.85. The van der Waals surface area contributed by atoms with Crippen molar-refractivity contribution in [2.45, 2.75) is 51.4 Å². The van der Waals surface area contributed by atoms with Gasteiger partial charge < -0.3 is 31.9 Å². The van der Waals surface area contributed by atoms with E-state index < -0.39 is 0 Å². The van der Waals surface area contributed by atoms with Crippen LogP contribution in [-0.4, -0.2) is 35.7 Å². The van der Waals surface area contributed by atoms with E-state index in [4.69, 9.17) is 10.5 Å². The van der Waals surface area contributed by atoms with Crippen LogP contribution in [0, 0.1) is 0 Å². The van der Waals surface area contributed by atoms with Crippen molar-refractivity contribution in [1.29, 1.82) is 0 Å². The molecule has 4 nitrogen and oxygen atoms in total. The Balaban J connectivity index is 0.00000306. The summed E-state index contributed by atoms with van der Waals surface area (Å²) in [5, 5.41) is 0. The number of anilines is 1. The van der Waals surface area contributed by atoms with Crippen molar-refractivity contribution in [3.63, 3.8) is 0 Å². The van der Waals surface area contributed by atoms with Gasteiger partial charge in [-0.15, -0.1) is 0 Å². The molecule has 4 rings (SSSR count). The third-order valence-electron chi connectivity index (χ3n) is 7.23. The minimum atomic E-state index is -0.262. The molecule has 2 N–H and O–H groups in total. The standard InChI is InChI=1S/C28H32N2O2.BrH/c1-20-17-27(32-28(31)25-13-15-26(29)16-14-25)18-21(2)30(20,3)19-22-9-11-24(12-10-22)23-7-5-4-6-8-23;/h4-16,20-21,27H,17-19H2,1-3H3,(H-,29,31);1H. The van der Waals surface area contributed by atoms with E-state index >= 15 is 0 Å². The molecule has 1 aliphatic heterocycles. The predicted octanol–water partition coefficient (Wildman–Crippen LogP) is 2.68.